The van der Waals surface area contributed by atoms with Gasteiger partial charge in [0, 0.05) is 6.42 Å². The molecule has 0 radical (unpaired) electrons. The third-order valence-corrected chi connectivity index (χ3v) is 2.57. The lowest BCUT2D eigenvalue weighted by atomic mass is 10.0. The van der Waals surface area contributed by atoms with E-state index in [0.29, 0.717) is 6.42 Å². The van der Waals surface area contributed by atoms with Gasteiger partial charge in [-0.2, -0.15) is 5.06 Å². The minimum Gasteiger partial charge on any atom is -0.469 e. The normalized spacial score (nSPS) is 23.9. The van der Waals surface area contributed by atoms with Gasteiger partial charge >= 0.3 is 12.1 Å². The number of nitrogens with zero attached hydrogens (tertiary/aromatic N) is 1. The molecule has 1 amide bonds. The van der Waals surface area contributed by atoms with Gasteiger partial charge in [0.25, 0.3) is 0 Å². The van der Waals surface area contributed by atoms with Crippen LogP contribution in [0, 0.1) is 0 Å². The molecule has 1 unspecified atom stereocenters. The van der Waals surface area contributed by atoms with Crippen molar-refractivity contribution in [2.24, 2.45) is 0 Å². The van der Waals surface area contributed by atoms with E-state index in [2.05, 4.69) is 4.74 Å². The molecule has 0 spiro atoms. The molecule has 110 valence electrons. The monoisotopic (exact) mass is 275 g/mol. The molecule has 19 heavy (non-hydrogen) atoms. The summed E-state index contributed by atoms with van der Waals surface area (Å²) in [5, 5.41) is 10.8. The fourth-order valence-electron chi connectivity index (χ4n) is 1.68. The Balaban J connectivity index is 2.76. The molecule has 1 heterocycles. The van der Waals surface area contributed by atoms with Crippen LogP contribution in [0.5, 0.6) is 0 Å². The summed E-state index contributed by atoms with van der Waals surface area (Å²) >= 11 is 0. The Hall–Kier alpha value is -1.34. The van der Waals surface area contributed by atoms with Crippen molar-refractivity contribution in [1.82, 2.24) is 5.06 Å². The molecule has 0 aliphatic carbocycles. The number of aliphatic hydroxyl groups is 1. The third-order valence-electron chi connectivity index (χ3n) is 2.57. The number of esters is 1. The summed E-state index contributed by atoms with van der Waals surface area (Å²) in [5.41, 5.74) is -0.682. The van der Waals surface area contributed by atoms with Crippen LogP contribution in [0.15, 0.2) is 0 Å². The Morgan fingerprint density at radius 3 is 2.58 bits per heavy atom. The molecule has 0 bridgehead atoms. The summed E-state index contributed by atoms with van der Waals surface area (Å²) in [7, 11) is 1.25. The molecule has 1 N–H and O–H groups in total. The van der Waals surface area contributed by atoms with Gasteiger partial charge in [0.15, 0.2) is 0 Å². The molecule has 7 heteroatoms. The Morgan fingerprint density at radius 2 is 2.05 bits per heavy atom. The van der Waals surface area contributed by atoms with E-state index in [9.17, 15) is 14.7 Å². The van der Waals surface area contributed by atoms with Crippen LogP contribution in [0.4, 0.5) is 4.79 Å². The predicted molar refractivity (Wildman–Crippen MR) is 65.1 cm³/mol. The fraction of sp³-hybridized carbons (Fsp3) is 0.833. The molecule has 0 aromatic rings. The first kappa shape index (κ1) is 15.7. The molecular formula is C12H21NO6. The van der Waals surface area contributed by atoms with E-state index in [1.165, 1.54) is 7.11 Å². The van der Waals surface area contributed by atoms with Gasteiger partial charge in [-0.05, 0) is 20.8 Å². The molecule has 7 nitrogen and oxygen atoms in total. The van der Waals surface area contributed by atoms with Crippen molar-refractivity contribution in [2.45, 2.75) is 51.4 Å². The summed E-state index contributed by atoms with van der Waals surface area (Å²) in [6, 6.07) is -0.795. The Kier molecular flexibility index (Phi) is 5.13. The first-order chi connectivity index (χ1) is 8.74. The van der Waals surface area contributed by atoms with Crippen LogP contribution in [0.2, 0.25) is 0 Å². The number of carbonyl (C=O) groups is 2. The molecule has 0 saturated carbocycles. The molecule has 1 saturated heterocycles. The average Bonchev–Trinajstić information content (AvgIpc) is 2.29. The first-order valence-electron chi connectivity index (χ1n) is 6.14. The molecular weight excluding hydrogens is 254 g/mol. The van der Waals surface area contributed by atoms with Crippen LogP contribution in [0.1, 0.15) is 33.6 Å². The second-order valence-corrected chi connectivity index (χ2v) is 5.34. The lowest BCUT2D eigenvalue weighted by Gasteiger charge is -2.37. The van der Waals surface area contributed by atoms with Crippen molar-refractivity contribution in [3.05, 3.63) is 0 Å². The van der Waals surface area contributed by atoms with Gasteiger partial charge in [0.2, 0.25) is 0 Å². The summed E-state index contributed by atoms with van der Waals surface area (Å²) in [4.78, 5) is 28.5. The lowest BCUT2D eigenvalue weighted by Crippen LogP contribution is -2.53. The molecule has 1 aliphatic heterocycles. The number of rotatable bonds is 2. The van der Waals surface area contributed by atoms with Gasteiger partial charge in [0.1, 0.15) is 5.60 Å². The maximum atomic E-state index is 12.0. The van der Waals surface area contributed by atoms with Crippen LogP contribution < -0.4 is 0 Å². The second kappa shape index (κ2) is 6.21. The van der Waals surface area contributed by atoms with Crippen LogP contribution in [-0.4, -0.2) is 53.7 Å². The number of carbonyl (C=O) groups excluding carboxylic acids is 2. The maximum Gasteiger partial charge on any atom is 0.434 e. The van der Waals surface area contributed by atoms with Crippen LogP contribution in [-0.2, 0) is 19.1 Å². The smallest absolute Gasteiger partial charge is 0.434 e. The van der Waals surface area contributed by atoms with Gasteiger partial charge in [0.05, 0.1) is 32.3 Å². The van der Waals surface area contributed by atoms with Gasteiger partial charge in [-0.15, -0.1) is 0 Å². The standard InChI is InChI=1S/C12H21NO6/c1-12(2,3)19-11(16)13-8(7-10(15)17-4)9(14)5-6-18-13/h8-9,14H,5-7H2,1-4H3/t8?,9-/m1/s1. The zero-order valence-electron chi connectivity index (χ0n) is 11.7. The molecule has 1 aliphatic rings. The number of aliphatic hydroxyl groups excluding tert-OH is 1. The van der Waals surface area contributed by atoms with Gasteiger partial charge < -0.3 is 14.6 Å². The number of amides is 1. The highest BCUT2D eigenvalue weighted by Crippen LogP contribution is 2.22. The molecule has 0 aromatic heterocycles. The van der Waals surface area contributed by atoms with Gasteiger partial charge in [-0.1, -0.05) is 0 Å². The number of hydrogen-bond donors (Lipinski definition) is 1. The highest BCUT2D eigenvalue weighted by molar-refractivity contribution is 5.72. The lowest BCUT2D eigenvalue weighted by molar-refractivity contribution is -0.223. The summed E-state index contributed by atoms with van der Waals surface area (Å²) in [6.07, 6.45) is -1.36. The average molecular weight is 275 g/mol. The van der Waals surface area contributed by atoms with E-state index in [4.69, 9.17) is 9.57 Å². The number of hydrogen-bond acceptors (Lipinski definition) is 6. The van der Waals surface area contributed by atoms with E-state index in [1.807, 2.05) is 0 Å². The Labute approximate surface area is 112 Å². The van der Waals surface area contributed by atoms with Gasteiger partial charge in [-0.3, -0.25) is 9.63 Å². The van der Waals surface area contributed by atoms with Crippen molar-refractivity contribution in [2.75, 3.05) is 13.7 Å². The van der Waals surface area contributed by atoms with Crippen molar-refractivity contribution in [3.63, 3.8) is 0 Å². The molecule has 1 rings (SSSR count). The number of methoxy groups -OCH3 is 1. The van der Waals surface area contributed by atoms with E-state index >= 15 is 0 Å². The summed E-state index contributed by atoms with van der Waals surface area (Å²) < 4.78 is 9.72. The minimum atomic E-state index is -0.847. The second-order valence-electron chi connectivity index (χ2n) is 5.34. The van der Waals surface area contributed by atoms with Crippen molar-refractivity contribution in [1.29, 1.82) is 0 Å². The molecule has 0 aromatic carbocycles. The largest absolute Gasteiger partial charge is 0.469 e. The zero-order chi connectivity index (χ0) is 14.6. The Morgan fingerprint density at radius 1 is 1.42 bits per heavy atom. The fourth-order valence-corrected chi connectivity index (χ4v) is 1.68. The molecule has 1 fully saturated rings. The Bertz CT molecular complexity index is 338. The van der Waals surface area contributed by atoms with E-state index in [1.54, 1.807) is 20.8 Å². The van der Waals surface area contributed by atoms with Crippen LogP contribution in [0.25, 0.3) is 0 Å². The van der Waals surface area contributed by atoms with Gasteiger partial charge in [-0.25, -0.2) is 4.79 Å². The maximum absolute atomic E-state index is 12.0. The summed E-state index contributed by atoms with van der Waals surface area (Å²) in [6.45, 7) is 5.36. The van der Waals surface area contributed by atoms with E-state index in [0.717, 1.165) is 5.06 Å². The highest BCUT2D eigenvalue weighted by Gasteiger charge is 2.38. The highest BCUT2D eigenvalue weighted by atomic mass is 16.7. The van der Waals surface area contributed by atoms with Crippen LogP contribution >= 0.6 is 0 Å². The SMILES string of the molecule is COC(=O)CC1[C@H](O)CCON1C(=O)OC(C)(C)C. The topological polar surface area (TPSA) is 85.3 Å². The van der Waals surface area contributed by atoms with Crippen LogP contribution in [0.3, 0.4) is 0 Å². The van der Waals surface area contributed by atoms with Crippen molar-refractivity contribution in [3.8, 4) is 0 Å². The third kappa shape index (κ3) is 4.68. The number of hydroxylamine groups is 2. The minimum absolute atomic E-state index is 0.142. The zero-order valence-corrected chi connectivity index (χ0v) is 11.7. The van der Waals surface area contributed by atoms with Crippen molar-refractivity contribution >= 4 is 12.1 Å². The summed E-state index contributed by atoms with van der Waals surface area (Å²) in [5.74, 6) is -0.525. The first-order valence-corrected chi connectivity index (χ1v) is 6.14. The number of ether oxygens (including phenoxy) is 2. The van der Waals surface area contributed by atoms with E-state index in [-0.39, 0.29) is 13.0 Å². The quantitative estimate of drug-likeness (QED) is 0.752. The van der Waals surface area contributed by atoms with E-state index < -0.39 is 29.8 Å². The van der Waals surface area contributed by atoms with Crippen molar-refractivity contribution < 1.29 is 29.0 Å². The predicted octanol–water partition coefficient (Wildman–Crippen LogP) is 0.851. The molecule has 2 atom stereocenters.